The zero-order chi connectivity index (χ0) is 9.97. The van der Waals surface area contributed by atoms with Gasteiger partial charge in [-0.3, -0.25) is 4.79 Å². The molecule has 1 fully saturated rings. The summed E-state index contributed by atoms with van der Waals surface area (Å²) < 4.78 is 0. The van der Waals surface area contributed by atoms with Crippen LogP contribution in [0.3, 0.4) is 0 Å². The summed E-state index contributed by atoms with van der Waals surface area (Å²) in [7, 11) is 0. The van der Waals surface area contributed by atoms with Crippen LogP contribution in [0, 0.1) is 0 Å². The average Bonchev–Trinajstić information content (AvgIpc) is 2.56. The molecule has 72 valence electrons. The number of hydrogen-bond acceptors (Lipinski definition) is 2. The Morgan fingerprint density at radius 2 is 1.86 bits per heavy atom. The summed E-state index contributed by atoms with van der Waals surface area (Å²) in [6, 6.07) is 7.58. The lowest BCUT2D eigenvalue weighted by Crippen LogP contribution is -1.91. The number of hydrogen-bond donors (Lipinski definition) is 1. The SMILES string of the molecule is Nc1ccc(C=C2CCCC2=O)cc1. The van der Waals surface area contributed by atoms with Crippen molar-refractivity contribution in [3.63, 3.8) is 0 Å². The van der Waals surface area contributed by atoms with Crippen molar-refractivity contribution in [2.75, 3.05) is 5.73 Å². The summed E-state index contributed by atoms with van der Waals surface area (Å²) in [5.74, 6) is 0.293. The molecule has 2 N–H and O–H groups in total. The lowest BCUT2D eigenvalue weighted by molar-refractivity contribution is -0.114. The number of ketones is 1. The summed E-state index contributed by atoms with van der Waals surface area (Å²) in [6.45, 7) is 0. The molecule has 1 saturated carbocycles. The largest absolute Gasteiger partial charge is 0.399 e. The molecule has 1 aliphatic carbocycles. The van der Waals surface area contributed by atoms with Crippen molar-refractivity contribution in [1.29, 1.82) is 0 Å². The number of rotatable bonds is 1. The molecule has 2 nitrogen and oxygen atoms in total. The van der Waals surface area contributed by atoms with E-state index in [9.17, 15) is 4.79 Å². The number of nitrogen functional groups attached to an aromatic ring is 1. The van der Waals surface area contributed by atoms with E-state index >= 15 is 0 Å². The molecule has 0 unspecified atom stereocenters. The number of nitrogens with two attached hydrogens (primary N) is 1. The van der Waals surface area contributed by atoms with Crippen LogP contribution >= 0.6 is 0 Å². The third-order valence-electron chi connectivity index (χ3n) is 2.49. The Morgan fingerprint density at radius 3 is 2.43 bits per heavy atom. The normalized spacial score (nSPS) is 19.1. The minimum atomic E-state index is 0.293. The standard InChI is InChI=1S/C12H13NO/c13-11-6-4-9(5-7-11)8-10-2-1-3-12(10)14/h4-8H,1-3,13H2. The molecule has 0 aliphatic heterocycles. The van der Waals surface area contributed by atoms with Crippen LogP contribution in [0.15, 0.2) is 29.8 Å². The molecule has 2 rings (SSSR count). The van der Waals surface area contributed by atoms with Crippen molar-refractivity contribution in [3.05, 3.63) is 35.4 Å². The zero-order valence-corrected chi connectivity index (χ0v) is 7.99. The van der Waals surface area contributed by atoms with Crippen LogP contribution < -0.4 is 5.73 Å². The molecule has 1 aromatic rings. The van der Waals surface area contributed by atoms with E-state index in [0.717, 1.165) is 29.7 Å². The van der Waals surface area contributed by atoms with Gasteiger partial charge >= 0.3 is 0 Å². The second kappa shape index (κ2) is 3.66. The number of carbonyl (C=O) groups excluding carboxylic acids is 1. The van der Waals surface area contributed by atoms with E-state index in [-0.39, 0.29) is 0 Å². The highest BCUT2D eigenvalue weighted by molar-refractivity contribution is 6.01. The Balaban J connectivity index is 2.24. The molecule has 2 heteroatoms. The highest BCUT2D eigenvalue weighted by atomic mass is 16.1. The van der Waals surface area contributed by atoms with E-state index in [1.54, 1.807) is 0 Å². The zero-order valence-electron chi connectivity index (χ0n) is 7.99. The van der Waals surface area contributed by atoms with Gasteiger partial charge in [-0.25, -0.2) is 0 Å². The number of Topliss-reactive ketones (excluding diaryl/α,β-unsaturated/α-hetero) is 1. The molecule has 0 heterocycles. The van der Waals surface area contributed by atoms with Crippen LogP contribution in [0.5, 0.6) is 0 Å². The van der Waals surface area contributed by atoms with E-state index in [0.29, 0.717) is 12.2 Å². The van der Waals surface area contributed by atoms with Gasteiger partial charge < -0.3 is 5.73 Å². The van der Waals surface area contributed by atoms with Crippen LogP contribution in [-0.2, 0) is 4.79 Å². The summed E-state index contributed by atoms with van der Waals surface area (Å²) >= 11 is 0. The minimum absolute atomic E-state index is 0.293. The predicted octanol–water partition coefficient (Wildman–Crippen LogP) is 2.41. The lowest BCUT2D eigenvalue weighted by Gasteiger charge is -1.97. The molecule has 0 spiro atoms. The van der Waals surface area contributed by atoms with Crippen LogP contribution in [0.2, 0.25) is 0 Å². The van der Waals surface area contributed by atoms with Gasteiger partial charge in [0.1, 0.15) is 0 Å². The number of carbonyl (C=O) groups is 1. The van der Waals surface area contributed by atoms with Gasteiger partial charge in [-0.2, -0.15) is 0 Å². The molecule has 0 radical (unpaired) electrons. The predicted molar refractivity (Wildman–Crippen MR) is 57.7 cm³/mol. The Labute approximate surface area is 83.4 Å². The summed E-state index contributed by atoms with van der Waals surface area (Å²) in [4.78, 5) is 11.4. The van der Waals surface area contributed by atoms with Gasteiger partial charge in [0.15, 0.2) is 5.78 Å². The third kappa shape index (κ3) is 1.84. The van der Waals surface area contributed by atoms with Crippen molar-refractivity contribution in [2.24, 2.45) is 0 Å². The van der Waals surface area contributed by atoms with Gasteiger partial charge in [0, 0.05) is 12.1 Å². The molecule has 0 saturated heterocycles. The van der Waals surface area contributed by atoms with Gasteiger partial charge in [0.05, 0.1) is 0 Å². The molecule has 0 aromatic heterocycles. The van der Waals surface area contributed by atoms with Crippen molar-refractivity contribution in [3.8, 4) is 0 Å². The second-order valence-electron chi connectivity index (χ2n) is 3.61. The highest BCUT2D eigenvalue weighted by Gasteiger charge is 2.16. The van der Waals surface area contributed by atoms with Crippen LogP contribution in [0.25, 0.3) is 6.08 Å². The molecule has 14 heavy (non-hydrogen) atoms. The Kier molecular flexibility index (Phi) is 2.35. The summed E-state index contributed by atoms with van der Waals surface area (Å²) in [6.07, 6.45) is 4.60. The summed E-state index contributed by atoms with van der Waals surface area (Å²) in [5, 5.41) is 0. The van der Waals surface area contributed by atoms with Crippen LogP contribution in [0.1, 0.15) is 24.8 Å². The van der Waals surface area contributed by atoms with Crippen molar-refractivity contribution in [1.82, 2.24) is 0 Å². The van der Waals surface area contributed by atoms with Crippen molar-refractivity contribution in [2.45, 2.75) is 19.3 Å². The van der Waals surface area contributed by atoms with Crippen LogP contribution in [-0.4, -0.2) is 5.78 Å². The van der Waals surface area contributed by atoms with Gasteiger partial charge in [0.25, 0.3) is 0 Å². The molecule has 0 bridgehead atoms. The first-order valence-electron chi connectivity index (χ1n) is 4.85. The average molecular weight is 187 g/mol. The number of anilines is 1. The maximum absolute atomic E-state index is 11.4. The van der Waals surface area contributed by atoms with Crippen molar-refractivity contribution < 1.29 is 4.79 Å². The van der Waals surface area contributed by atoms with E-state index in [4.69, 9.17) is 5.73 Å². The monoisotopic (exact) mass is 187 g/mol. The topological polar surface area (TPSA) is 43.1 Å². The maximum atomic E-state index is 11.4. The third-order valence-corrected chi connectivity index (χ3v) is 2.49. The smallest absolute Gasteiger partial charge is 0.158 e. The van der Waals surface area contributed by atoms with E-state index < -0.39 is 0 Å². The van der Waals surface area contributed by atoms with Crippen molar-refractivity contribution >= 4 is 17.5 Å². The Morgan fingerprint density at radius 1 is 1.14 bits per heavy atom. The Hall–Kier alpha value is -1.57. The summed E-state index contributed by atoms with van der Waals surface area (Å²) in [5.41, 5.74) is 8.34. The molecular weight excluding hydrogens is 174 g/mol. The molecule has 1 aromatic carbocycles. The second-order valence-corrected chi connectivity index (χ2v) is 3.61. The van der Waals surface area contributed by atoms with Gasteiger partial charge in [-0.15, -0.1) is 0 Å². The first-order valence-corrected chi connectivity index (χ1v) is 4.85. The number of benzene rings is 1. The maximum Gasteiger partial charge on any atom is 0.158 e. The van der Waals surface area contributed by atoms with Crippen LogP contribution in [0.4, 0.5) is 5.69 Å². The molecular formula is C12H13NO. The van der Waals surface area contributed by atoms with Gasteiger partial charge in [0.2, 0.25) is 0 Å². The van der Waals surface area contributed by atoms with E-state index in [1.165, 1.54) is 0 Å². The Bertz CT molecular complexity index is 376. The van der Waals surface area contributed by atoms with E-state index in [2.05, 4.69) is 0 Å². The van der Waals surface area contributed by atoms with Gasteiger partial charge in [-0.05, 0) is 42.2 Å². The lowest BCUT2D eigenvalue weighted by atomic mass is 10.1. The quantitative estimate of drug-likeness (QED) is 0.542. The van der Waals surface area contributed by atoms with E-state index in [1.807, 2.05) is 30.3 Å². The molecule has 0 atom stereocenters. The fraction of sp³-hybridized carbons (Fsp3) is 0.250. The minimum Gasteiger partial charge on any atom is -0.399 e. The first-order chi connectivity index (χ1) is 6.75. The van der Waals surface area contributed by atoms with Gasteiger partial charge in [-0.1, -0.05) is 12.1 Å². The highest BCUT2D eigenvalue weighted by Crippen LogP contribution is 2.23. The fourth-order valence-electron chi connectivity index (χ4n) is 1.69. The molecule has 1 aliphatic rings. The fourth-order valence-corrected chi connectivity index (χ4v) is 1.69. The first kappa shape index (κ1) is 9.00. The molecule has 0 amide bonds. The number of allylic oxidation sites excluding steroid dienone is 1.